The lowest BCUT2D eigenvalue weighted by Gasteiger charge is -2.11. The SMILES string of the molecule is COc1ccc(OC)c(/C=N/Nc2cnn(Cc3c(Cl)ccc(Cl)c3Cl)c(=O)c2Cl)c1. The fraction of sp³-hybridized carbons (Fsp3) is 0.150. The van der Waals surface area contributed by atoms with E-state index in [1.807, 2.05) is 0 Å². The first-order valence-electron chi connectivity index (χ1n) is 8.74. The summed E-state index contributed by atoms with van der Waals surface area (Å²) in [6, 6.07) is 8.43. The van der Waals surface area contributed by atoms with Crippen LogP contribution in [-0.2, 0) is 6.54 Å². The van der Waals surface area contributed by atoms with Gasteiger partial charge >= 0.3 is 0 Å². The monoisotopic (exact) mass is 500 g/mol. The van der Waals surface area contributed by atoms with E-state index in [-0.39, 0.29) is 22.3 Å². The molecule has 1 aromatic heterocycles. The molecule has 7 nitrogen and oxygen atoms in total. The molecule has 0 saturated heterocycles. The van der Waals surface area contributed by atoms with Crippen molar-refractivity contribution in [3.05, 3.63) is 78.1 Å². The van der Waals surface area contributed by atoms with Gasteiger partial charge in [0.2, 0.25) is 0 Å². The Bertz CT molecular complexity index is 1200. The fourth-order valence-electron chi connectivity index (χ4n) is 2.63. The first-order valence-corrected chi connectivity index (χ1v) is 10.3. The molecule has 0 bridgehead atoms. The number of hydrazone groups is 1. The molecule has 1 heterocycles. The van der Waals surface area contributed by atoms with Crippen LogP contribution in [0, 0.1) is 0 Å². The van der Waals surface area contributed by atoms with Gasteiger partial charge in [-0.05, 0) is 30.3 Å². The second-order valence-corrected chi connectivity index (χ2v) is 7.70. The smallest absolute Gasteiger partial charge is 0.288 e. The lowest BCUT2D eigenvalue weighted by Crippen LogP contribution is -2.24. The van der Waals surface area contributed by atoms with Gasteiger partial charge in [-0.3, -0.25) is 10.2 Å². The number of nitrogens with one attached hydrogen (secondary N) is 1. The lowest BCUT2D eigenvalue weighted by molar-refractivity contribution is 0.402. The average Bonchev–Trinajstić information content (AvgIpc) is 2.78. The van der Waals surface area contributed by atoms with Crippen molar-refractivity contribution in [1.29, 1.82) is 0 Å². The van der Waals surface area contributed by atoms with Crippen LogP contribution in [0.25, 0.3) is 0 Å². The number of hydrogen-bond donors (Lipinski definition) is 1. The van der Waals surface area contributed by atoms with Gasteiger partial charge in [0.05, 0.1) is 43.2 Å². The largest absolute Gasteiger partial charge is 0.497 e. The second kappa shape index (κ2) is 10.2. The number of benzene rings is 2. The first kappa shape index (κ1) is 23.2. The predicted octanol–water partition coefficient (Wildman–Crippen LogP) is 5.37. The van der Waals surface area contributed by atoms with Gasteiger partial charge < -0.3 is 9.47 Å². The molecule has 11 heteroatoms. The van der Waals surface area contributed by atoms with Gasteiger partial charge in [-0.15, -0.1) is 0 Å². The first-order chi connectivity index (χ1) is 14.8. The highest BCUT2D eigenvalue weighted by Gasteiger charge is 2.14. The molecule has 2 aromatic carbocycles. The van der Waals surface area contributed by atoms with E-state index in [2.05, 4.69) is 15.6 Å². The summed E-state index contributed by atoms with van der Waals surface area (Å²) in [6.07, 6.45) is 2.88. The van der Waals surface area contributed by atoms with E-state index >= 15 is 0 Å². The molecule has 3 rings (SSSR count). The number of aromatic nitrogens is 2. The highest BCUT2D eigenvalue weighted by molar-refractivity contribution is 6.44. The number of anilines is 1. The maximum atomic E-state index is 12.6. The number of rotatable bonds is 7. The topological polar surface area (TPSA) is 77.7 Å². The zero-order valence-corrected chi connectivity index (χ0v) is 19.4. The van der Waals surface area contributed by atoms with E-state index in [1.165, 1.54) is 12.4 Å². The quantitative estimate of drug-likeness (QED) is 0.267. The molecule has 0 radical (unpaired) electrons. The van der Waals surface area contributed by atoms with E-state index in [1.54, 1.807) is 44.6 Å². The number of ether oxygens (including phenoxy) is 2. The lowest BCUT2D eigenvalue weighted by atomic mass is 10.2. The minimum Gasteiger partial charge on any atom is -0.497 e. The Hall–Kier alpha value is -2.45. The third kappa shape index (κ3) is 5.25. The van der Waals surface area contributed by atoms with Gasteiger partial charge in [-0.25, -0.2) is 4.68 Å². The van der Waals surface area contributed by atoms with Gasteiger partial charge in [-0.2, -0.15) is 10.2 Å². The molecule has 0 spiro atoms. The molecular formula is C20H16Cl4N4O3. The van der Waals surface area contributed by atoms with Crippen molar-refractivity contribution in [2.45, 2.75) is 6.54 Å². The van der Waals surface area contributed by atoms with Crippen molar-refractivity contribution in [3.63, 3.8) is 0 Å². The van der Waals surface area contributed by atoms with E-state index in [9.17, 15) is 4.79 Å². The van der Waals surface area contributed by atoms with E-state index in [0.717, 1.165) is 4.68 Å². The Morgan fingerprint density at radius 3 is 2.52 bits per heavy atom. The van der Waals surface area contributed by atoms with Gasteiger partial charge in [0.1, 0.15) is 22.2 Å². The summed E-state index contributed by atoms with van der Waals surface area (Å²) >= 11 is 24.6. The summed E-state index contributed by atoms with van der Waals surface area (Å²) in [5.74, 6) is 1.24. The van der Waals surface area contributed by atoms with Crippen LogP contribution < -0.4 is 20.5 Å². The molecule has 0 aliphatic carbocycles. The van der Waals surface area contributed by atoms with Crippen LogP contribution in [0.3, 0.4) is 0 Å². The van der Waals surface area contributed by atoms with Gasteiger partial charge in [0, 0.05) is 16.1 Å². The van der Waals surface area contributed by atoms with E-state index in [4.69, 9.17) is 55.9 Å². The molecule has 0 amide bonds. The summed E-state index contributed by atoms with van der Waals surface area (Å²) in [5, 5.41) is 9.05. The molecular weight excluding hydrogens is 486 g/mol. The van der Waals surface area contributed by atoms with Crippen LogP contribution in [0.5, 0.6) is 11.5 Å². The maximum absolute atomic E-state index is 12.6. The molecule has 0 fully saturated rings. The zero-order chi connectivity index (χ0) is 22.5. The van der Waals surface area contributed by atoms with Crippen molar-refractivity contribution in [2.75, 3.05) is 19.6 Å². The highest BCUT2D eigenvalue weighted by Crippen LogP contribution is 2.32. The average molecular weight is 502 g/mol. The third-order valence-corrected chi connectivity index (χ3v) is 5.82. The molecule has 0 unspecified atom stereocenters. The van der Waals surface area contributed by atoms with Crippen molar-refractivity contribution < 1.29 is 9.47 Å². The number of methoxy groups -OCH3 is 2. The normalized spacial score (nSPS) is 11.0. The Morgan fingerprint density at radius 2 is 1.81 bits per heavy atom. The van der Waals surface area contributed by atoms with Gasteiger partial charge in [-0.1, -0.05) is 46.4 Å². The molecule has 1 N–H and O–H groups in total. The van der Waals surface area contributed by atoms with E-state index in [0.29, 0.717) is 32.7 Å². The Kier molecular flexibility index (Phi) is 7.67. The Balaban J connectivity index is 1.83. The minimum atomic E-state index is -0.548. The molecule has 3 aromatic rings. The van der Waals surface area contributed by atoms with Gasteiger partial charge in [0.15, 0.2) is 0 Å². The van der Waals surface area contributed by atoms with Gasteiger partial charge in [0.25, 0.3) is 5.56 Å². The van der Waals surface area contributed by atoms with E-state index < -0.39 is 5.56 Å². The van der Waals surface area contributed by atoms with Crippen LogP contribution in [0.2, 0.25) is 20.1 Å². The standard InChI is InChI=1S/C20H16Cl4N4O3/c1-30-12-3-6-17(31-2)11(7-12)8-25-27-16-9-26-28(20(29)19(16)24)10-13-14(21)4-5-15(22)18(13)23/h3-9,27H,10H2,1-2H3/b25-8+. The van der Waals surface area contributed by atoms with Crippen LogP contribution in [0.15, 0.2) is 46.4 Å². The number of hydrogen-bond acceptors (Lipinski definition) is 6. The molecule has 162 valence electrons. The maximum Gasteiger partial charge on any atom is 0.288 e. The summed E-state index contributed by atoms with van der Waals surface area (Å²) in [7, 11) is 3.11. The zero-order valence-electron chi connectivity index (χ0n) is 16.3. The molecule has 0 saturated carbocycles. The Morgan fingerprint density at radius 1 is 1.06 bits per heavy atom. The van der Waals surface area contributed by atoms with Crippen molar-refractivity contribution in [3.8, 4) is 11.5 Å². The predicted molar refractivity (Wildman–Crippen MR) is 125 cm³/mol. The Labute approximate surface area is 198 Å². The van der Waals surface area contributed by atoms with Crippen LogP contribution in [0.1, 0.15) is 11.1 Å². The molecule has 31 heavy (non-hydrogen) atoms. The van der Waals surface area contributed by atoms with Crippen molar-refractivity contribution >= 4 is 58.3 Å². The van der Waals surface area contributed by atoms with Crippen molar-refractivity contribution in [1.82, 2.24) is 9.78 Å². The van der Waals surface area contributed by atoms with Crippen LogP contribution in [0.4, 0.5) is 5.69 Å². The third-order valence-electron chi connectivity index (χ3n) is 4.26. The second-order valence-electron chi connectivity index (χ2n) is 6.13. The van der Waals surface area contributed by atoms with Crippen molar-refractivity contribution in [2.24, 2.45) is 5.10 Å². The summed E-state index contributed by atoms with van der Waals surface area (Å²) in [5.41, 5.74) is 3.51. The number of halogens is 4. The number of nitrogens with zero attached hydrogens (tertiary/aromatic N) is 3. The van der Waals surface area contributed by atoms with Crippen LogP contribution in [-0.4, -0.2) is 30.2 Å². The summed E-state index contributed by atoms with van der Waals surface area (Å²) in [6.45, 7) is 0.00133. The highest BCUT2D eigenvalue weighted by atomic mass is 35.5. The minimum absolute atomic E-state index is 0.00133. The van der Waals surface area contributed by atoms with Crippen LogP contribution >= 0.6 is 46.4 Å². The molecule has 0 aliphatic rings. The molecule has 0 atom stereocenters. The fourth-order valence-corrected chi connectivity index (χ4v) is 3.49. The summed E-state index contributed by atoms with van der Waals surface area (Å²) < 4.78 is 11.6. The summed E-state index contributed by atoms with van der Waals surface area (Å²) in [4.78, 5) is 12.6. The molecule has 0 aliphatic heterocycles.